The minimum atomic E-state index is -4.78. The number of nitrogens with zero attached hydrogens (tertiary/aromatic N) is 3. The normalized spacial score (nSPS) is 19.0. The van der Waals surface area contributed by atoms with Gasteiger partial charge < -0.3 is 14.8 Å². The van der Waals surface area contributed by atoms with Crippen molar-refractivity contribution in [1.29, 1.82) is 0 Å². The highest BCUT2D eigenvalue weighted by molar-refractivity contribution is 7.88. The molecule has 2 aliphatic rings. The first-order valence-corrected chi connectivity index (χ1v) is 16.3. The van der Waals surface area contributed by atoms with Crippen LogP contribution in [0.2, 0.25) is 0 Å². The fourth-order valence-corrected chi connectivity index (χ4v) is 6.83. The molecular formula is C31H34F4N4O5S. The zero-order valence-corrected chi connectivity index (χ0v) is 25.8. The third kappa shape index (κ3) is 7.28. The van der Waals surface area contributed by atoms with Gasteiger partial charge in [0.1, 0.15) is 11.6 Å². The summed E-state index contributed by atoms with van der Waals surface area (Å²) in [5.74, 6) is -1.85. The number of aromatic nitrogens is 2. The lowest BCUT2D eigenvalue weighted by molar-refractivity contribution is -0.138. The number of hydrogen-bond donors (Lipinski definition) is 1. The van der Waals surface area contributed by atoms with Gasteiger partial charge in [0.15, 0.2) is 5.78 Å². The Morgan fingerprint density at radius 3 is 2.56 bits per heavy atom. The quantitative estimate of drug-likeness (QED) is 0.219. The van der Waals surface area contributed by atoms with Gasteiger partial charge in [-0.05, 0) is 54.7 Å². The molecule has 0 spiro atoms. The molecule has 0 amide bonds. The summed E-state index contributed by atoms with van der Waals surface area (Å²) in [6, 6.07) is 8.74. The van der Waals surface area contributed by atoms with Crippen molar-refractivity contribution in [1.82, 2.24) is 14.3 Å². The number of nitrogens with one attached hydrogen (secondary N) is 1. The van der Waals surface area contributed by atoms with Crippen molar-refractivity contribution in [3.8, 4) is 5.75 Å². The fraction of sp³-hybridized carbons (Fsp3) is 0.452. The number of carbonyl (C=O) groups excluding carboxylic acids is 1. The van der Waals surface area contributed by atoms with Crippen molar-refractivity contribution in [2.75, 3.05) is 38.9 Å². The number of halogens is 4. The Bertz CT molecular complexity index is 1680. The van der Waals surface area contributed by atoms with E-state index in [0.29, 0.717) is 38.7 Å². The van der Waals surface area contributed by atoms with Crippen LogP contribution < -0.4 is 10.1 Å². The predicted molar refractivity (Wildman–Crippen MR) is 158 cm³/mol. The summed E-state index contributed by atoms with van der Waals surface area (Å²) in [5.41, 5.74) is 0.0362. The summed E-state index contributed by atoms with van der Waals surface area (Å²) in [4.78, 5) is 20.9. The minimum absolute atomic E-state index is 0.0197. The molecule has 0 unspecified atom stereocenters. The summed E-state index contributed by atoms with van der Waals surface area (Å²) in [7, 11) is -0.957. The number of ketones is 1. The Hall–Kier alpha value is -3.62. The second-order valence-corrected chi connectivity index (χ2v) is 13.5. The molecule has 2 aromatic carbocycles. The lowest BCUT2D eigenvalue weighted by Crippen LogP contribution is -2.34. The molecule has 0 radical (unpaired) electrons. The molecule has 0 bridgehead atoms. The van der Waals surface area contributed by atoms with Crippen molar-refractivity contribution in [3.05, 3.63) is 76.4 Å². The van der Waals surface area contributed by atoms with Crippen LogP contribution in [0.5, 0.6) is 5.75 Å². The fourth-order valence-electron chi connectivity index (χ4n) is 6.13. The lowest BCUT2D eigenvalue weighted by Gasteiger charge is -2.29. The molecule has 5 rings (SSSR count). The average molecular weight is 651 g/mol. The van der Waals surface area contributed by atoms with Crippen molar-refractivity contribution in [3.63, 3.8) is 0 Å². The van der Waals surface area contributed by atoms with Crippen LogP contribution >= 0.6 is 0 Å². The van der Waals surface area contributed by atoms with E-state index in [-0.39, 0.29) is 53.2 Å². The Morgan fingerprint density at radius 2 is 1.89 bits per heavy atom. The Kier molecular flexibility index (Phi) is 9.47. The smallest absolute Gasteiger partial charge is 0.419 e. The highest BCUT2D eigenvalue weighted by atomic mass is 32.2. The molecule has 3 aromatic rings. The van der Waals surface area contributed by atoms with Crippen LogP contribution in [-0.4, -0.2) is 62.1 Å². The maximum atomic E-state index is 15.2. The zero-order valence-electron chi connectivity index (χ0n) is 25.0. The maximum absolute atomic E-state index is 15.2. The van der Waals surface area contributed by atoms with E-state index in [1.807, 2.05) is 6.07 Å². The Balaban J connectivity index is 1.44. The summed E-state index contributed by atoms with van der Waals surface area (Å²) in [5, 5.41) is 2.74. The lowest BCUT2D eigenvalue weighted by atomic mass is 9.91. The molecule has 2 atom stereocenters. The molecule has 9 nitrogen and oxygen atoms in total. The zero-order chi connectivity index (χ0) is 32.5. The van der Waals surface area contributed by atoms with Gasteiger partial charge in [0.05, 0.1) is 41.9 Å². The van der Waals surface area contributed by atoms with Crippen molar-refractivity contribution in [2.24, 2.45) is 11.8 Å². The summed E-state index contributed by atoms with van der Waals surface area (Å²) in [6.07, 6.45) is -1.39. The second kappa shape index (κ2) is 13.0. The number of methoxy groups -OCH3 is 1. The number of carbonyl (C=O) groups is 1. The average Bonchev–Trinajstić information content (AvgIpc) is 3.34. The molecule has 1 aromatic heterocycles. The number of anilines is 2. The van der Waals surface area contributed by atoms with Crippen molar-refractivity contribution < 1.29 is 40.2 Å². The van der Waals surface area contributed by atoms with Crippen molar-refractivity contribution in [2.45, 2.75) is 44.3 Å². The molecule has 0 saturated carbocycles. The van der Waals surface area contributed by atoms with Gasteiger partial charge >= 0.3 is 6.18 Å². The standard InChI is InChI=1S/C31H34F4N4O5S/c1-39(45(3,41)42)29-20(13-19-6-4-5-7-21(19)29)14-25-23(31(33,34)35)17-36-30(37-25)38-26-16-24(32)22(15-28(26)43-2)27(40)12-18-8-10-44-11-9-18/h4-7,15-18,20,29H,8-14H2,1-3H3,(H,36,37,38)/t20-,29-/m0/s1. The van der Waals surface area contributed by atoms with E-state index >= 15 is 4.39 Å². The molecule has 1 saturated heterocycles. The molecule has 242 valence electrons. The summed E-state index contributed by atoms with van der Waals surface area (Å²) in [6.45, 7) is 1.09. The molecular weight excluding hydrogens is 616 g/mol. The monoisotopic (exact) mass is 650 g/mol. The van der Waals surface area contributed by atoms with Gasteiger partial charge in [-0.1, -0.05) is 24.3 Å². The number of fused-ring (bicyclic) bond motifs is 1. The second-order valence-electron chi connectivity index (χ2n) is 11.5. The largest absolute Gasteiger partial charge is 0.495 e. The number of Topliss-reactive ketones (excluding diaryl/α,β-unsaturated/α-hetero) is 1. The van der Waals surface area contributed by atoms with E-state index in [4.69, 9.17) is 9.47 Å². The van der Waals surface area contributed by atoms with E-state index in [1.54, 1.807) is 18.2 Å². The molecule has 45 heavy (non-hydrogen) atoms. The first-order chi connectivity index (χ1) is 21.3. The van der Waals surface area contributed by atoms with Gasteiger partial charge in [-0.25, -0.2) is 22.8 Å². The highest BCUT2D eigenvalue weighted by Gasteiger charge is 2.41. The van der Waals surface area contributed by atoms with E-state index in [1.165, 1.54) is 24.5 Å². The number of benzene rings is 2. The number of ether oxygens (including phenoxy) is 2. The number of alkyl halides is 3. The van der Waals surface area contributed by atoms with Gasteiger partial charge in [0.25, 0.3) is 0 Å². The summed E-state index contributed by atoms with van der Waals surface area (Å²) < 4.78 is 94.5. The molecule has 1 aliphatic heterocycles. The van der Waals surface area contributed by atoms with Gasteiger partial charge in [0.2, 0.25) is 16.0 Å². The molecule has 1 fully saturated rings. The first kappa shape index (κ1) is 32.8. The van der Waals surface area contributed by atoms with E-state index in [9.17, 15) is 26.4 Å². The van der Waals surface area contributed by atoms with Crippen LogP contribution in [0, 0.1) is 17.7 Å². The van der Waals surface area contributed by atoms with Crippen LogP contribution in [0.4, 0.5) is 29.2 Å². The van der Waals surface area contributed by atoms with Crippen LogP contribution in [-0.2, 0) is 33.8 Å². The maximum Gasteiger partial charge on any atom is 0.419 e. The van der Waals surface area contributed by atoms with E-state index < -0.39 is 39.5 Å². The van der Waals surface area contributed by atoms with Gasteiger partial charge in [-0.15, -0.1) is 0 Å². The first-order valence-electron chi connectivity index (χ1n) is 14.5. The van der Waals surface area contributed by atoms with Crippen LogP contribution in [0.25, 0.3) is 0 Å². The minimum Gasteiger partial charge on any atom is -0.495 e. The molecule has 1 aliphatic carbocycles. The van der Waals surface area contributed by atoms with Crippen LogP contribution in [0.1, 0.15) is 58.0 Å². The van der Waals surface area contributed by atoms with Gasteiger partial charge in [-0.2, -0.15) is 17.5 Å². The number of hydrogen-bond acceptors (Lipinski definition) is 8. The summed E-state index contributed by atoms with van der Waals surface area (Å²) >= 11 is 0. The third-order valence-corrected chi connectivity index (χ3v) is 9.77. The third-order valence-electron chi connectivity index (χ3n) is 8.50. The van der Waals surface area contributed by atoms with Crippen molar-refractivity contribution >= 4 is 27.4 Å². The topological polar surface area (TPSA) is 111 Å². The van der Waals surface area contributed by atoms with Gasteiger partial charge in [-0.3, -0.25) is 4.79 Å². The molecule has 1 N–H and O–H groups in total. The number of sulfonamides is 1. The van der Waals surface area contributed by atoms with Gasteiger partial charge in [0, 0.05) is 38.9 Å². The van der Waals surface area contributed by atoms with E-state index in [2.05, 4.69) is 15.3 Å². The Morgan fingerprint density at radius 1 is 1.18 bits per heavy atom. The highest BCUT2D eigenvalue weighted by Crippen LogP contribution is 2.44. The molecule has 14 heteroatoms. The Labute approximate surface area is 259 Å². The number of rotatable bonds is 10. The predicted octanol–water partition coefficient (Wildman–Crippen LogP) is 5.73. The van der Waals surface area contributed by atoms with Crippen LogP contribution in [0.3, 0.4) is 0 Å². The van der Waals surface area contributed by atoms with E-state index in [0.717, 1.165) is 23.4 Å². The van der Waals surface area contributed by atoms with Crippen LogP contribution in [0.15, 0.2) is 42.6 Å². The SMILES string of the molecule is COc1cc(C(=O)CC2CCOCC2)c(F)cc1Nc1ncc(C(F)(F)F)c(C[C@@H]2Cc3ccccc3[C@H]2N(C)S(C)(=O)=O)n1. The molecule has 2 heterocycles.